The lowest BCUT2D eigenvalue weighted by Crippen LogP contribution is -2.71. The van der Waals surface area contributed by atoms with Gasteiger partial charge in [-0.1, -0.05) is 5.16 Å². The molecule has 0 aliphatic carbocycles. The van der Waals surface area contributed by atoms with Gasteiger partial charge in [0.05, 0.1) is 6.20 Å². The van der Waals surface area contributed by atoms with Crippen LogP contribution in [0.25, 0.3) is 11.3 Å². The number of anilines is 1. The van der Waals surface area contributed by atoms with Crippen molar-refractivity contribution in [2.75, 3.05) is 18.6 Å². The van der Waals surface area contributed by atoms with Crippen LogP contribution in [0.4, 0.5) is 18.3 Å². The van der Waals surface area contributed by atoms with Crippen LogP contribution in [0.3, 0.4) is 0 Å². The Balaban J connectivity index is 0.000000566. The molecule has 0 bridgehead atoms. The number of thioether (sulfide) groups is 1. The Hall–Kier alpha value is -4.98. The van der Waals surface area contributed by atoms with Gasteiger partial charge in [-0.05, 0) is 0 Å². The molecule has 5 heterocycles. The number of halogens is 3. The Kier molecular flexibility index (Phi) is 9.53. The summed E-state index contributed by atoms with van der Waals surface area (Å²) in [6.45, 7) is 0.273. The van der Waals surface area contributed by atoms with Crippen molar-refractivity contribution in [1.29, 1.82) is 0 Å². The van der Waals surface area contributed by atoms with Gasteiger partial charge in [-0.15, -0.1) is 23.1 Å². The Morgan fingerprint density at radius 1 is 1.34 bits per heavy atom. The van der Waals surface area contributed by atoms with E-state index in [1.165, 1.54) is 30.2 Å². The number of carboxylic acid groups (broad SMARTS) is 2. The molecule has 1 saturated heterocycles. The van der Waals surface area contributed by atoms with Crippen molar-refractivity contribution >= 4 is 57.7 Å². The first kappa shape index (κ1) is 31.9. The Bertz CT molecular complexity index is 1620. The number of fused-ring (bicyclic) bond motifs is 1. The van der Waals surface area contributed by atoms with Gasteiger partial charge in [-0.2, -0.15) is 13.2 Å². The highest BCUT2D eigenvalue weighted by Gasteiger charge is 2.54. The summed E-state index contributed by atoms with van der Waals surface area (Å²) in [4.78, 5) is 60.8. The maximum atomic E-state index is 13.0. The molecule has 1 fully saturated rings. The van der Waals surface area contributed by atoms with Crippen LogP contribution in [0.2, 0.25) is 0 Å². The zero-order valence-corrected chi connectivity index (χ0v) is 23.8. The number of amides is 2. The number of carbonyl (C=O) groups is 4. The number of carboxylic acids is 2. The van der Waals surface area contributed by atoms with E-state index in [-0.39, 0.29) is 28.8 Å². The van der Waals surface area contributed by atoms with Gasteiger partial charge < -0.3 is 35.3 Å². The second kappa shape index (κ2) is 13.1. The molecule has 44 heavy (non-hydrogen) atoms. The standard InChI is InChI=1S/C22H19N7O6S2.C2HF3O2/c1-34-27-15(13-9-37-22(23)25-13)18(30)26-16-19(31)29-17(21(32)33)12(8-36-20(16)29)7-28-4-2-11(3-5-28)14-6-24-10-35-14;3-2(4,5)1(6)7/h2-6,9-10,16,20H,7-8H2,1H3,(H3-,23,25,26,30,32,33);(H,6,7)/t16-,20-;/m1./s1. The number of oxazole rings is 1. The molecule has 0 radical (unpaired) electrons. The van der Waals surface area contributed by atoms with Gasteiger partial charge in [0, 0.05) is 34.4 Å². The highest BCUT2D eigenvalue weighted by atomic mass is 32.2. The monoisotopic (exact) mass is 655 g/mol. The maximum absolute atomic E-state index is 13.0. The number of hydrogen-bond acceptors (Lipinski definition) is 13. The van der Waals surface area contributed by atoms with Crippen LogP contribution in [0, 0.1) is 0 Å². The smallest absolute Gasteiger partial charge is 0.430 e. The van der Waals surface area contributed by atoms with Crippen molar-refractivity contribution in [2.24, 2.45) is 5.16 Å². The van der Waals surface area contributed by atoms with Crippen molar-refractivity contribution in [1.82, 2.24) is 20.2 Å². The van der Waals surface area contributed by atoms with Crippen molar-refractivity contribution < 1.29 is 56.4 Å². The molecular weight excluding hydrogens is 635 g/mol. The summed E-state index contributed by atoms with van der Waals surface area (Å²) in [5.41, 5.74) is 7.04. The molecule has 5 rings (SSSR count). The summed E-state index contributed by atoms with van der Waals surface area (Å²) in [6.07, 6.45) is 1.34. The van der Waals surface area contributed by atoms with Gasteiger partial charge in [0.15, 0.2) is 41.9 Å². The molecule has 2 amide bonds. The van der Waals surface area contributed by atoms with E-state index in [0.29, 0.717) is 17.1 Å². The first-order valence-corrected chi connectivity index (χ1v) is 13.9. The number of nitrogen functional groups attached to an aromatic ring is 1. The van der Waals surface area contributed by atoms with E-state index in [2.05, 4.69) is 20.4 Å². The normalized spacial score (nSPS) is 18.0. The summed E-state index contributed by atoms with van der Waals surface area (Å²) < 4.78 is 38.7. The molecule has 0 unspecified atom stereocenters. The number of rotatable bonds is 8. The number of nitrogens with two attached hydrogens (primary N) is 1. The molecular formula is C24H20F3N7O8S2. The van der Waals surface area contributed by atoms with Crippen LogP contribution < -0.4 is 20.7 Å². The van der Waals surface area contributed by atoms with Crippen LogP contribution in [-0.2, 0) is 30.6 Å². The van der Waals surface area contributed by atoms with Gasteiger partial charge in [0.1, 0.15) is 35.9 Å². The summed E-state index contributed by atoms with van der Waals surface area (Å²) >= 11 is 2.50. The van der Waals surface area contributed by atoms with Crippen LogP contribution in [0.5, 0.6) is 0 Å². The maximum Gasteiger partial charge on any atom is 0.430 e. The number of β-lactam (4-membered cyclic amide) rings is 1. The van der Waals surface area contributed by atoms with E-state index in [1.807, 2.05) is 16.7 Å². The molecule has 3 aromatic rings. The third kappa shape index (κ3) is 6.97. The predicted molar refractivity (Wildman–Crippen MR) is 143 cm³/mol. The second-order valence-corrected chi connectivity index (χ2v) is 10.7. The van der Waals surface area contributed by atoms with Gasteiger partial charge in [0.25, 0.3) is 11.8 Å². The van der Waals surface area contributed by atoms with Gasteiger partial charge in [0.2, 0.25) is 0 Å². The topological polar surface area (TPSA) is 217 Å². The minimum atomic E-state index is -5.19. The molecule has 0 aromatic carbocycles. The Morgan fingerprint density at radius 3 is 2.55 bits per heavy atom. The molecule has 0 saturated carbocycles. The second-order valence-electron chi connectivity index (χ2n) is 8.72. The average Bonchev–Trinajstić information content (AvgIpc) is 3.66. The molecule has 3 aromatic heterocycles. The van der Waals surface area contributed by atoms with E-state index >= 15 is 0 Å². The quantitative estimate of drug-likeness (QED) is 0.124. The van der Waals surface area contributed by atoms with E-state index in [4.69, 9.17) is 24.9 Å². The fourth-order valence-corrected chi connectivity index (χ4v) is 5.90. The molecule has 20 heteroatoms. The van der Waals surface area contributed by atoms with Crippen molar-refractivity contribution in [3.8, 4) is 11.3 Å². The van der Waals surface area contributed by atoms with E-state index in [0.717, 1.165) is 16.9 Å². The minimum absolute atomic E-state index is 0.0795. The lowest BCUT2D eigenvalue weighted by Gasteiger charge is -2.49. The minimum Gasteiger partial charge on any atom is -0.542 e. The molecule has 2 aliphatic heterocycles. The fourth-order valence-electron chi connectivity index (χ4n) is 4.01. The van der Waals surface area contributed by atoms with Crippen LogP contribution in [0.15, 0.2) is 63.3 Å². The molecule has 232 valence electrons. The lowest BCUT2D eigenvalue weighted by molar-refractivity contribution is -0.689. The molecule has 15 nitrogen and oxygen atoms in total. The predicted octanol–water partition coefficient (Wildman–Crippen LogP) is -0.244. The summed E-state index contributed by atoms with van der Waals surface area (Å²) in [5.74, 6) is -4.45. The van der Waals surface area contributed by atoms with Crippen LogP contribution >= 0.6 is 23.1 Å². The number of aliphatic carboxylic acids is 2. The Labute approximate surface area is 252 Å². The fraction of sp³-hybridized carbons (Fsp3) is 0.250. The number of aromatic nitrogens is 3. The van der Waals surface area contributed by atoms with Crippen LogP contribution in [-0.4, -0.2) is 79.9 Å². The third-order valence-electron chi connectivity index (χ3n) is 5.91. The van der Waals surface area contributed by atoms with Crippen molar-refractivity contribution in [2.45, 2.75) is 24.1 Å². The lowest BCUT2D eigenvalue weighted by atomic mass is 10.0. The molecule has 2 atom stereocenters. The number of thiazole rings is 1. The number of nitrogens with one attached hydrogen (secondary N) is 1. The number of alkyl halides is 3. The average molecular weight is 656 g/mol. The third-order valence-corrected chi connectivity index (χ3v) is 7.93. The Morgan fingerprint density at radius 2 is 2.02 bits per heavy atom. The van der Waals surface area contributed by atoms with Gasteiger partial charge in [-0.3, -0.25) is 14.5 Å². The number of pyridine rings is 1. The van der Waals surface area contributed by atoms with Crippen LogP contribution in [0.1, 0.15) is 5.69 Å². The molecule has 4 N–H and O–H groups in total. The summed E-state index contributed by atoms with van der Waals surface area (Å²) in [6, 6.07) is 2.73. The number of nitrogens with zero attached hydrogens (tertiary/aromatic N) is 5. The summed E-state index contributed by atoms with van der Waals surface area (Å²) in [7, 11) is 1.28. The highest BCUT2D eigenvalue weighted by molar-refractivity contribution is 8.00. The van der Waals surface area contributed by atoms with Crippen molar-refractivity contribution in [3.63, 3.8) is 0 Å². The SMILES string of the molecule is CON=C(C(=O)N[C@@H]1C(=O)N2C(C(=O)O)=C(C[n+]3ccc(-c4cnco4)cc3)CS[C@H]12)c1csc(N)n1.O=C([O-])C(F)(F)F. The highest BCUT2D eigenvalue weighted by Crippen LogP contribution is 2.40. The number of hydrogen-bond donors (Lipinski definition) is 3. The zero-order valence-electron chi connectivity index (χ0n) is 22.2. The van der Waals surface area contributed by atoms with Gasteiger partial charge >= 0.3 is 12.1 Å². The van der Waals surface area contributed by atoms with E-state index < -0.39 is 41.3 Å². The summed E-state index contributed by atoms with van der Waals surface area (Å²) in [5, 5.41) is 26.3. The molecule has 2 aliphatic rings. The number of oxime groups is 1. The van der Waals surface area contributed by atoms with E-state index in [1.54, 1.807) is 24.0 Å². The van der Waals surface area contributed by atoms with E-state index in [9.17, 15) is 32.7 Å². The molecule has 0 spiro atoms. The number of carbonyl (C=O) groups excluding carboxylic acids is 3. The largest absolute Gasteiger partial charge is 0.542 e. The zero-order chi connectivity index (χ0) is 32.2. The van der Waals surface area contributed by atoms with Crippen molar-refractivity contribution in [3.05, 3.63) is 59.5 Å². The first-order chi connectivity index (χ1) is 20.8. The first-order valence-electron chi connectivity index (χ1n) is 12.0. The van der Waals surface area contributed by atoms with Gasteiger partial charge in [-0.25, -0.2) is 19.3 Å².